The topological polar surface area (TPSA) is 49.3 Å². The number of nitrogens with one attached hydrogen (secondary N) is 1. The first-order valence-electron chi connectivity index (χ1n) is 7.03. The molecule has 2 N–H and O–H groups in total. The minimum Gasteiger partial charge on any atom is -0.480 e. The average molecular weight is 295 g/mol. The van der Waals surface area contributed by atoms with Crippen LogP contribution in [0.1, 0.15) is 38.3 Å². The van der Waals surface area contributed by atoms with Gasteiger partial charge >= 0.3 is 5.97 Å². The Bertz CT molecular complexity index is 450. The summed E-state index contributed by atoms with van der Waals surface area (Å²) in [5, 5.41) is 12.7. The zero-order chi connectivity index (χ0) is 15.2. The minimum absolute atomic E-state index is 0.288. The number of aliphatic carboxylic acids is 1. The molecule has 3 nitrogen and oxygen atoms in total. The summed E-state index contributed by atoms with van der Waals surface area (Å²) in [5.74, 6) is 0.146. The Balaban J connectivity index is 2.54. The van der Waals surface area contributed by atoms with Gasteiger partial charge in [-0.25, -0.2) is 0 Å². The van der Waals surface area contributed by atoms with Crippen molar-refractivity contribution in [2.24, 2.45) is 0 Å². The van der Waals surface area contributed by atoms with E-state index >= 15 is 0 Å². The lowest BCUT2D eigenvalue weighted by molar-refractivity contribution is -0.144. The van der Waals surface area contributed by atoms with Gasteiger partial charge in [0.05, 0.1) is 0 Å². The van der Waals surface area contributed by atoms with Gasteiger partial charge in [-0.2, -0.15) is 11.8 Å². The molecule has 0 heterocycles. The van der Waals surface area contributed by atoms with Crippen LogP contribution in [0.5, 0.6) is 0 Å². The number of carboxylic acid groups (broad SMARTS) is 1. The second-order valence-corrected chi connectivity index (χ2v) is 6.91. The zero-order valence-electron chi connectivity index (χ0n) is 12.8. The van der Waals surface area contributed by atoms with Crippen molar-refractivity contribution in [1.29, 1.82) is 0 Å². The van der Waals surface area contributed by atoms with E-state index in [0.29, 0.717) is 13.0 Å². The minimum atomic E-state index is -0.840. The van der Waals surface area contributed by atoms with Crippen LogP contribution in [0.3, 0.4) is 0 Å². The zero-order valence-corrected chi connectivity index (χ0v) is 13.6. The number of carbonyl (C=O) groups is 1. The van der Waals surface area contributed by atoms with Crippen LogP contribution in [0.4, 0.5) is 0 Å². The number of carboxylic acids is 1. The van der Waals surface area contributed by atoms with Gasteiger partial charge < -0.3 is 10.4 Å². The highest BCUT2D eigenvalue weighted by Crippen LogP contribution is 2.25. The van der Waals surface area contributed by atoms with E-state index in [1.54, 1.807) is 18.7 Å². The summed E-state index contributed by atoms with van der Waals surface area (Å²) < 4.78 is 0. The Morgan fingerprint density at radius 3 is 2.75 bits per heavy atom. The van der Waals surface area contributed by atoms with Crippen molar-refractivity contribution in [3.63, 3.8) is 0 Å². The van der Waals surface area contributed by atoms with E-state index in [4.69, 9.17) is 0 Å². The van der Waals surface area contributed by atoms with Crippen LogP contribution < -0.4 is 5.32 Å². The van der Waals surface area contributed by atoms with Crippen molar-refractivity contribution in [1.82, 2.24) is 5.32 Å². The van der Waals surface area contributed by atoms with Gasteiger partial charge in [0.1, 0.15) is 5.54 Å². The molecule has 1 rings (SSSR count). The first-order chi connectivity index (χ1) is 9.37. The van der Waals surface area contributed by atoms with E-state index in [2.05, 4.69) is 43.4 Å². The number of benzene rings is 1. The van der Waals surface area contributed by atoms with Crippen molar-refractivity contribution in [3.8, 4) is 0 Å². The van der Waals surface area contributed by atoms with Crippen LogP contribution in [-0.2, 0) is 10.5 Å². The lowest BCUT2D eigenvalue weighted by Crippen LogP contribution is -2.50. The third-order valence-corrected chi connectivity index (χ3v) is 4.59. The maximum absolute atomic E-state index is 11.4. The Kier molecular flexibility index (Phi) is 6.56. The second-order valence-electron chi connectivity index (χ2n) is 5.48. The third-order valence-electron chi connectivity index (χ3n) is 3.35. The quantitative estimate of drug-likeness (QED) is 0.771. The van der Waals surface area contributed by atoms with Crippen LogP contribution in [0.25, 0.3) is 0 Å². The molecule has 0 bridgehead atoms. The van der Waals surface area contributed by atoms with Gasteiger partial charge in [-0.3, -0.25) is 4.79 Å². The number of hydrogen-bond acceptors (Lipinski definition) is 3. The Morgan fingerprint density at radius 1 is 1.50 bits per heavy atom. The summed E-state index contributed by atoms with van der Waals surface area (Å²) in [6.07, 6.45) is 0.618. The molecule has 1 aromatic carbocycles. The molecule has 0 saturated heterocycles. The van der Waals surface area contributed by atoms with Crippen LogP contribution in [-0.4, -0.2) is 28.4 Å². The van der Waals surface area contributed by atoms with Crippen LogP contribution in [0.15, 0.2) is 24.3 Å². The molecule has 0 aromatic heterocycles. The number of likely N-dealkylation sites (N-methyl/N-ethyl adjacent to an activating group) is 1. The fourth-order valence-electron chi connectivity index (χ4n) is 2.30. The fraction of sp³-hybridized carbons (Fsp3) is 0.562. The van der Waals surface area contributed by atoms with E-state index < -0.39 is 11.5 Å². The van der Waals surface area contributed by atoms with Crippen molar-refractivity contribution < 1.29 is 9.90 Å². The highest BCUT2D eigenvalue weighted by molar-refractivity contribution is 7.99. The van der Waals surface area contributed by atoms with E-state index in [9.17, 15) is 9.90 Å². The van der Waals surface area contributed by atoms with Crippen LogP contribution >= 0.6 is 11.8 Å². The molecule has 0 aliphatic carbocycles. The molecule has 0 spiro atoms. The molecule has 0 amide bonds. The molecule has 4 heteroatoms. The lowest BCUT2D eigenvalue weighted by Gasteiger charge is -2.28. The third kappa shape index (κ3) is 5.17. The van der Waals surface area contributed by atoms with E-state index in [1.807, 2.05) is 6.92 Å². The van der Waals surface area contributed by atoms with Crippen molar-refractivity contribution in [2.75, 3.05) is 6.54 Å². The molecule has 20 heavy (non-hydrogen) atoms. The smallest absolute Gasteiger partial charge is 0.323 e. The number of rotatable bonds is 8. The normalized spacial score (nSPS) is 15.6. The van der Waals surface area contributed by atoms with E-state index in [-0.39, 0.29) is 5.25 Å². The number of aryl methyl sites for hydroxylation is 1. The highest BCUT2D eigenvalue weighted by Gasteiger charge is 2.33. The van der Waals surface area contributed by atoms with E-state index in [0.717, 1.165) is 5.75 Å². The average Bonchev–Trinajstić information content (AvgIpc) is 2.36. The van der Waals surface area contributed by atoms with Crippen LogP contribution in [0.2, 0.25) is 0 Å². The van der Waals surface area contributed by atoms with E-state index in [1.165, 1.54) is 11.1 Å². The molecule has 0 aliphatic heterocycles. The first kappa shape index (κ1) is 17.1. The second kappa shape index (κ2) is 7.70. The number of hydrogen-bond donors (Lipinski definition) is 2. The monoisotopic (exact) mass is 295 g/mol. The molecule has 0 fully saturated rings. The summed E-state index contributed by atoms with van der Waals surface area (Å²) in [6.45, 7) is 8.55. The standard InChI is InChI=1S/C16H25NO2S/c1-5-17-16(4,15(18)19)10-13(3)20-11-14-8-6-7-12(2)9-14/h6-9,13,17H,5,10-11H2,1-4H3,(H,18,19). The Morgan fingerprint density at radius 2 is 2.20 bits per heavy atom. The maximum atomic E-state index is 11.4. The van der Waals surface area contributed by atoms with Crippen molar-refractivity contribution >= 4 is 17.7 Å². The summed E-state index contributed by atoms with van der Waals surface area (Å²) >= 11 is 1.81. The maximum Gasteiger partial charge on any atom is 0.323 e. The summed E-state index contributed by atoms with van der Waals surface area (Å²) in [5.41, 5.74) is 1.72. The first-order valence-corrected chi connectivity index (χ1v) is 8.08. The van der Waals surface area contributed by atoms with Gasteiger partial charge in [-0.05, 0) is 32.4 Å². The van der Waals surface area contributed by atoms with Crippen LogP contribution in [0, 0.1) is 6.92 Å². The molecular formula is C16H25NO2S. The lowest BCUT2D eigenvalue weighted by atomic mass is 9.96. The Labute approximate surface area is 126 Å². The van der Waals surface area contributed by atoms with Gasteiger partial charge in [0.25, 0.3) is 0 Å². The summed E-state index contributed by atoms with van der Waals surface area (Å²) in [7, 11) is 0. The molecule has 0 radical (unpaired) electrons. The van der Waals surface area contributed by atoms with Gasteiger partial charge in [-0.15, -0.1) is 0 Å². The SMILES string of the molecule is CCNC(C)(CC(C)SCc1cccc(C)c1)C(=O)O. The fourth-order valence-corrected chi connectivity index (χ4v) is 3.41. The number of thioether (sulfide) groups is 1. The molecule has 1 aromatic rings. The summed E-state index contributed by atoms with van der Waals surface area (Å²) in [6, 6.07) is 8.45. The summed E-state index contributed by atoms with van der Waals surface area (Å²) in [4.78, 5) is 11.4. The molecule has 0 aliphatic rings. The predicted octanol–water partition coefficient (Wildman–Crippen LogP) is 3.46. The molecule has 112 valence electrons. The molecule has 2 unspecified atom stereocenters. The van der Waals surface area contributed by atoms with Gasteiger partial charge in [0.15, 0.2) is 0 Å². The predicted molar refractivity (Wildman–Crippen MR) is 86.3 cm³/mol. The largest absolute Gasteiger partial charge is 0.480 e. The van der Waals surface area contributed by atoms with Crippen molar-refractivity contribution in [2.45, 2.75) is 50.7 Å². The highest BCUT2D eigenvalue weighted by atomic mass is 32.2. The Hall–Kier alpha value is -1.00. The molecular weight excluding hydrogens is 270 g/mol. The van der Waals surface area contributed by atoms with Crippen molar-refractivity contribution in [3.05, 3.63) is 35.4 Å². The molecule has 2 atom stereocenters. The van der Waals surface area contributed by atoms with Gasteiger partial charge in [-0.1, -0.05) is 43.7 Å². The van der Waals surface area contributed by atoms with Gasteiger partial charge in [0, 0.05) is 11.0 Å². The van der Waals surface area contributed by atoms with Gasteiger partial charge in [0.2, 0.25) is 0 Å². The molecule has 0 saturated carbocycles.